The molecule has 0 atom stereocenters. The molecule has 5 heteroatoms. The highest BCUT2D eigenvalue weighted by atomic mass is 28.4. The standard InChI is InChI=1S/C15H21NO3Si/c1-5-6-9-16-14(17)12-8-7-11(20(3,4)19-2)10-13(12)15(16)18/h7-8,10H,5-6,9H2,1-4H3. The van der Waals surface area contributed by atoms with Gasteiger partial charge in [-0.15, -0.1) is 0 Å². The fraction of sp³-hybridized carbons (Fsp3) is 0.467. The molecular weight excluding hydrogens is 270 g/mol. The van der Waals surface area contributed by atoms with E-state index in [-0.39, 0.29) is 11.8 Å². The number of carbonyl (C=O) groups is 2. The molecule has 1 aromatic carbocycles. The number of fused-ring (bicyclic) bond motifs is 1. The van der Waals surface area contributed by atoms with Crippen LogP contribution in [0.1, 0.15) is 40.5 Å². The Balaban J connectivity index is 2.37. The van der Waals surface area contributed by atoms with E-state index in [0.29, 0.717) is 17.7 Å². The Bertz CT molecular complexity index is 554. The highest BCUT2D eigenvalue weighted by Gasteiger charge is 2.36. The molecule has 0 unspecified atom stereocenters. The summed E-state index contributed by atoms with van der Waals surface area (Å²) in [5.41, 5.74) is 1.05. The lowest BCUT2D eigenvalue weighted by Gasteiger charge is -2.20. The van der Waals surface area contributed by atoms with E-state index in [9.17, 15) is 9.59 Å². The average molecular weight is 291 g/mol. The van der Waals surface area contributed by atoms with Crippen LogP contribution in [-0.2, 0) is 4.43 Å². The maximum Gasteiger partial charge on any atom is 0.261 e. The van der Waals surface area contributed by atoms with Gasteiger partial charge >= 0.3 is 0 Å². The predicted octanol–water partition coefficient (Wildman–Crippen LogP) is 2.14. The lowest BCUT2D eigenvalue weighted by molar-refractivity contribution is 0.0652. The summed E-state index contributed by atoms with van der Waals surface area (Å²) in [6.07, 6.45) is 1.80. The molecule has 2 amide bonds. The molecule has 0 N–H and O–H groups in total. The zero-order chi connectivity index (χ0) is 14.9. The molecule has 0 saturated carbocycles. The molecule has 0 aromatic heterocycles. The smallest absolute Gasteiger partial charge is 0.261 e. The topological polar surface area (TPSA) is 46.6 Å². The van der Waals surface area contributed by atoms with Crippen molar-refractivity contribution in [1.82, 2.24) is 4.90 Å². The van der Waals surface area contributed by atoms with E-state index in [0.717, 1.165) is 18.0 Å². The van der Waals surface area contributed by atoms with Crippen LogP contribution in [0.2, 0.25) is 13.1 Å². The van der Waals surface area contributed by atoms with Gasteiger partial charge in [-0.05, 0) is 36.8 Å². The first-order chi connectivity index (χ1) is 9.42. The van der Waals surface area contributed by atoms with Gasteiger partial charge in [0.15, 0.2) is 0 Å². The number of hydrogen-bond donors (Lipinski definition) is 0. The van der Waals surface area contributed by atoms with Crippen molar-refractivity contribution in [2.75, 3.05) is 13.7 Å². The molecule has 1 aliphatic rings. The van der Waals surface area contributed by atoms with Crippen LogP contribution in [0, 0.1) is 0 Å². The average Bonchev–Trinajstić information content (AvgIpc) is 2.68. The number of carbonyl (C=O) groups excluding carboxylic acids is 2. The molecular formula is C15H21NO3Si. The number of amides is 2. The van der Waals surface area contributed by atoms with E-state index in [1.807, 2.05) is 19.1 Å². The lowest BCUT2D eigenvalue weighted by Crippen LogP contribution is -2.44. The molecule has 4 nitrogen and oxygen atoms in total. The molecule has 1 heterocycles. The summed E-state index contributed by atoms with van der Waals surface area (Å²) in [7, 11) is -0.283. The lowest BCUT2D eigenvalue weighted by atomic mass is 10.1. The Hall–Kier alpha value is -1.46. The van der Waals surface area contributed by atoms with Crippen LogP contribution in [0.4, 0.5) is 0 Å². The Labute approximate surface area is 120 Å². The quantitative estimate of drug-likeness (QED) is 0.617. The van der Waals surface area contributed by atoms with Crippen molar-refractivity contribution >= 4 is 25.3 Å². The largest absolute Gasteiger partial charge is 0.416 e. The predicted molar refractivity (Wildman–Crippen MR) is 80.8 cm³/mol. The van der Waals surface area contributed by atoms with E-state index in [1.54, 1.807) is 13.2 Å². The Morgan fingerprint density at radius 3 is 2.40 bits per heavy atom. The second kappa shape index (κ2) is 5.50. The number of hydrogen-bond acceptors (Lipinski definition) is 3. The summed E-state index contributed by atoms with van der Waals surface area (Å²) in [6, 6.07) is 5.53. The number of rotatable bonds is 5. The first-order valence-electron chi connectivity index (χ1n) is 6.98. The van der Waals surface area contributed by atoms with Gasteiger partial charge in [-0.3, -0.25) is 14.5 Å². The molecule has 0 spiro atoms. The van der Waals surface area contributed by atoms with Crippen molar-refractivity contribution in [1.29, 1.82) is 0 Å². The Kier molecular flexibility index (Phi) is 4.11. The molecule has 0 bridgehead atoms. The maximum absolute atomic E-state index is 12.4. The third-order valence-corrected chi connectivity index (χ3v) is 6.63. The molecule has 108 valence electrons. The van der Waals surface area contributed by atoms with E-state index in [1.165, 1.54) is 4.90 Å². The fourth-order valence-electron chi connectivity index (χ4n) is 2.30. The van der Waals surface area contributed by atoms with Gasteiger partial charge in [-0.25, -0.2) is 0 Å². The second-order valence-electron chi connectivity index (χ2n) is 5.59. The van der Waals surface area contributed by atoms with Gasteiger partial charge in [-0.2, -0.15) is 0 Å². The number of nitrogens with zero attached hydrogens (tertiary/aromatic N) is 1. The number of benzene rings is 1. The van der Waals surface area contributed by atoms with Crippen LogP contribution in [0.5, 0.6) is 0 Å². The van der Waals surface area contributed by atoms with Crippen LogP contribution in [-0.4, -0.2) is 38.7 Å². The van der Waals surface area contributed by atoms with Gasteiger partial charge in [0.1, 0.15) is 0 Å². The van der Waals surface area contributed by atoms with Gasteiger partial charge < -0.3 is 4.43 Å². The minimum absolute atomic E-state index is 0.165. The molecule has 2 rings (SSSR count). The van der Waals surface area contributed by atoms with E-state index >= 15 is 0 Å². The summed E-state index contributed by atoms with van der Waals surface area (Å²) in [5, 5.41) is 1.04. The van der Waals surface area contributed by atoms with E-state index in [4.69, 9.17) is 4.43 Å². The monoisotopic (exact) mass is 291 g/mol. The van der Waals surface area contributed by atoms with Crippen LogP contribution >= 0.6 is 0 Å². The van der Waals surface area contributed by atoms with Crippen LogP contribution in [0.25, 0.3) is 0 Å². The van der Waals surface area contributed by atoms with Gasteiger partial charge in [0.05, 0.1) is 11.1 Å². The third kappa shape index (κ3) is 2.43. The summed E-state index contributed by atoms with van der Waals surface area (Å²) in [4.78, 5) is 25.9. The number of unbranched alkanes of at least 4 members (excludes halogenated alkanes) is 1. The first-order valence-corrected chi connectivity index (χ1v) is 9.89. The summed E-state index contributed by atoms with van der Waals surface area (Å²) < 4.78 is 5.57. The summed E-state index contributed by atoms with van der Waals surface area (Å²) in [5.74, 6) is -0.330. The van der Waals surface area contributed by atoms with Gasteiger partial charge in [0.2, 0.25) is 8.32 Å². The SMILES string of the molecule is CCCCN1C(=O)c2ccc([Si](C)(C)OC)cc2C1=O. The van der Waals surface area contributed by atoms with Crippen molar-refractivity contribution in [2.24, 2.45) is 0 Å². The summed E-state index contributed by atoms with van der Waals surface area (Å²) >= 11 is 0. The fourth-order valence-corrected chi connectivity index (χ4v) is 3.51. The van der Waals surface area contributed by atoms with Crippen molar-refractivity contribution in [3.8, 4) is 0 Å². The first kappa shape index (κ1) is 14.9. The zero-order valence-corrected chi connectivity index (χ0v) is 13.5. The van der Waals surface area contributed by atoms with Crippen molar-refractivity contribution in [2.45, 2.75) is 32.9 Å². The van der Waals surface area contributed by atoms with Crippen LogP contribution in [0.15, 0.2) is 18.2 Å². The normalized spacial score (nSPS) is 14.9. The Morgan fingerprint density at radius 1 is 1.15 bits per heavy atom. The molecule has 0 aliphatic carbocycles. The van der Waals surface area contributed by atoms with Gasteiger partial charge in [0, 0.05) is 13.7 Å². The van der Waals surface area contributed by atoms with Gasteiger partial charge in [-0.1, -0.05) is 19.4 Å². The second-order valence-corrected chi connectivity index (χ2v) is 9.60. The van der Waals surface area contributed by atoms with Crippen molar-refractivity contribution in [3.05, 3.63) is 29.3 Å². The van der Waals surface area contributed by atoms with E-state index in [2.05, 4.69) is 13.1 Å². The zero-order valence-electron chi connectivity index (χ0n) is 12.5. The van der Waals surface area contributed by atoms with Gasteiger partial charge in [0.25, 0.3) is 11.8 Å². The van der Waals surface area contributed by atoms with Crippen molar-refractivity contribution < 1.29 is 14.0 Å². The van der Waals surface area contributed by atoms with Crippen LogP contribution < -0.4 is 5.19 Å². The highest BCUT2D eigenvalue weighted by Crippen LogP contribution is 2.23. The maximum atomic E-state index is 12.4. The molecule has 20 heavy (non-hydrogen) atoms. The Morgan fingerprint density at radius 2 is 1.80 bits per heavy atom. The molecule has 0 fully saturated rings. The number of imide groups is 1. The molecule has 0 saturated heterocycles. The molecule has 1 aromatic rings. The van der Waals surface area contributed by atoms with E-state index < -0.39 is 8.32 Å². The van der Waals surface area contributed by atoms with Crippen molar-refractivity contribution in [3.63, 3.8) is 0 Å². The summed E-state index contributed by atoms with van der Waals surface area (Å²) in [6.45, 7) is 6.70. The van der Waals surface area contributed by atoms with Crippen LogP contribution in [0.3, 0.4) is 0 Å². The molecule has 1 aliphatic heterocycles. The molecule has 0 radical (unpaired) electrons. The minimum Gasteiger partial charge on any atom is -0.416 e. The third-order valence-electron chi connectivity index (χ3n) is 3.91. The minimum atomic E-state index is -1.98. The highest BCUT2D eigenvalue weighted by molar-refractivity contribution is 6.84.